The van der Waals surface area contributed by atoms with E-state index in [1.54, 1.807) is 0 Å². The molecule has 2 bridgehead atoms. The summed E-state index contributed by atoms with van der Waals surface area (Å²) in [6, 6.07) is 9.15. The summed E-state index contributed by atoms with van der Waals surface area (Å²) in [5.74, 6) is 0.240. The van der Waals surface area contributed by atoms with Crippen molar-refractivity contribution in [2.24, 2.45) is 0 Å². The number of carbonyl (C=O) groups excluding carboxylic acids is 1. The van der Waals surface area contributed by atoms with Crippen molar-refractivity contribution in [3.63, 3.8) is 0 Å². The number of nitrogens with one attached hydrogen (secondary N) is 1. The molecule has 3 saturated heterocycles. The van der Waals surface area contributed by atoms with Crippen molar-refractivity contribution in [1.82, 2.24) is 15.1 Å². The predicted octanol–water partition coefficient (Wildman–Crippen LogP) is 2.25. The number of hydrogen-bond acceptors (Lipinski definition) is 3. The second-order valence-electron chi connectivity index (χ2n) is 7.27. The van der Waals surface area contributed by atoms with Crippen molar-refractivity contribution in [3.8, 4) is 0 Å². The van der Waals surface area contributed by atoms with Crippen LogP contribution in [-0.4, -0.2) is 54.0 Å². The third-order valence-corrected chi connectivity index (χ3v) is 5.67. The molecule has 2 atom stereocenters. The molecular formula is C19H27N3O. The quantitative estimate of drug-likeness (QED) is 0.930. The molecule has 1 aromatic rings. The van der Waals surface area contributed by atoms with Crippen LogP contribution in [-0.2, 0) is 6.54 Å². The van der Waals surface area contributed by atoms with Crippen LogP contribution in [0.4, 0.5) is 0 Å². The highest BCUT2D eigenvalue weighted by Gasteiger charge is 2.38. The number of fused-ring (bicyclic) bond motifs is 2. The van der Waals surface area contributed by atoms with Crippen LogP contribution in [0.5, 0.6) is 0 Å². The van der Waals surface area contributed by atoms with Gasteiger partial charge in [0, 0.05) is 30.7 Å². The first-order valence-corrected chi connectivity index (χ1v) is 9.16. The lowest BCUT2D eigenvalue weighted by Crippen LogP contribution is -2.42. The SMILES string of the molecule is O=C(c1cccc(CN2CCCC2)c1)N1C2CCNCC1CC2. The molecule has 3 aliphatic heterocycles. The van der Waals surface area contributed by atoms with E-state index >= 15 is 0 Å². The number of rotatable bonds is 3. The Morgan fingerprint density at radius 2 is 1.96 bits per heavy atom. The minimum Gasteiger partial charge on any atom is -0.331 e. The molecule has 0 aromatic heterocycles. The first kappa shape index (κ1) is 15.2. The van der Waals surface area contributed by atoms with Crippen LogP contribution in [0.3, 0.4) is 0 Å². The van der Waals surface area contributed by atoms with Crippen LogP contribution >= 0.6 is 0 Å². The maximum Gasteiger partial charge on any atom is 0.254 e. The lowest BCUT2D eigenvalue weighted by Gasteiger charge is -2.28. The van der Waals surface area contributed by atoms with Gasteiger partial charge in [0.05, 0.1) is 0 Å². The predicted molar refractivity (Wildman–Crippen MR) is 91.4 cm³/mol. The van der Waals surface area contributed by atoms with E-state index in [0.29, 0.717) is 12.1 Å². The zero-order chi connectivity index (χ0) is 15.6. The second-order valence-corrected chi connectivity index (χ2v) is 7.27. The van der Waals surface area contributed by atoms with Gasteiger partial charge in [-0.05, 0) is 69.4 Å². The summed E-state index contributed by atoms with van der Waals surface area (Å²) in [4.78, 5) is 17.8. The van der Waals surface area contributed by atoms with Gasteiger partial charge in [0.1, 0.15) is 0 Å². The van der Waals surface area contributed by atoms with E-state index < -0.39 is 0 Å². The van der Waals surface area contributed by atoms with E-state index in [9.17, 15) is 4.79 Å². The van der Waals surface area contributed by atoms with Crippen LogP contribution < -0.4 is 5.32 Å². The van der Waals surface area contributed by atoms with Gasteiger partial charge in [-0.2, -0.15) is 0 Å². The number of amides is 1. The Morgan fingerprint density at radius 1 is 1.13 bits per heavy atom. The van der Waals surface area contributed by atoms with Gasteiger partial charge in [-0.1, -0.05) is 12.1 Å². The van der Waals surface area contributed by atoms with Crippen molar-refractivity contribution in [1.29, 1.82) is 0 Å². The zero-order valence-corrected chi connectivity index (χ0v) is 13.8. The Hall–Kier alpha value is -1.39. The Kier molecular flexibility index (Phi) is 4.36. The highest BCUT2D eigenvalue weighted by molar-refractivity contribution is 5.95. The molecule has 2 unspecified atom stereocenters. The molecule has 23 heavy (non-hydrogen) atoms. The van der Waals surface area contributed by atoms with Gasteiger partial charge in [-0.25, -0.2) is 0 Å². The lowest BCUT2D eigenvalue weighted by atomic mass is 10.1. The molecule has 1 aromatic carbocycles. The number of nitrogens with zero attached hydrogens (tertiary/aromatic N) is 2. The van der Waals surface area contributed by atoms with Crippen molar-refractivity contribution in [2.45, 2.75) is 50.7 Å². The van der Waals surface area contributed by atoms with Crippen LogP contribution in [0.25, 0.3) is 0 Å². The van der Waals surface area contributed by atoms with Crippen LogP contribution in [0.2, 0.25) is 0 Å². The topological polar surface area (TPSA) is 35.6 Å². The summed E-state index contributed by atoms with van der Waals surface area (Å²) in [6.07, 6.45) is 6.03. The highest BCUT2D eigenvalue weighted by atomic mass is 16.2. The summed E-state index contributed by atoms with van der Waals surface area (Å²) >= 11 is 0. The van der Waals surface area contributed by atoms with Crippen LogP contribution in [0.15, 0.2) is 24.3 Å². The maximum absolute atomic E-state index is 13.1. The van der Waals surface area contributed by atoms with E-state index in [4.69, 9.17) is 0 Å². The average molecular weight is 313 g/mol. The molecule has 1 N–H and O–H groups in total. The Labute approximate surface area is 138 Å². The first-order chi connectivity index (χ1) is 11.3. The monoisotopic (exact) mass is 313 g/mol. The molecule has 4 nitrogen and oxygen atoms in total. The molecule has 1 amide bonds. The van der Waals surface area contributed by atoms with E-state index in [1.807, 2.05) is 6.07 Å². The summed E-state index contributed by atoms with van der Waals surface area (Å²) < 4.78 is 0. The third-order valence-electron chi connectivity index (χ3n) is 5.67. The molecule has 124 valence electrons. The molecule has 3 aliphatic rings. The number of likely N-dealkylation sites (tertiary alicyclic amines) is 1. The van der Waals surface area contributed by atoms with E-state index in [-0.39, 0.29) is 5.91 Å². The molecule has 0 saturated carbocycles. The van der Waals surface area contributed by atoms with Crippen molar-refractivity contribution in [3.05, 3.63) is 35.4 Å². The molecule has 3 fully saturated rings. The van der Waals surface area contributed by atoms with Gasteiger partial charge in [0.15, 0.2) is 0 Å². The largest absolute Gasteiger partial charge is 0.331 e. The fourth-order valence-corrected chi connectivity index (χ4v) is 4.46. The van der Waals surface area contributed by atoms with E-state index in [0.717, 1.165) is 38.0 Å². The van der Waals surface area contributed by atoms with E-state index in [1.165, 1.54) is 37.9 Å². The van der Waals surface area contributed by atoms with Gasteiger partial charge >= 0.3 is 0 Å². The minimum atomic E-state index is 0.240. The van der Waals surface area contributed by atoms with Gasteiger partial charge in [0.25, 0.3) is 5.91 Å². The van der Waals surface area contributed by atoms with E-state index in [2.05, 4.69) is 33.3 Å². The standard InChI is InChI=1S/C19H27N3O/c23-19(22-17-6-7-18(22)13-20-9-8-17)16-5-3-4-15(12-16)14-21-10-1-2-11-21/h3-5,12,17-18,20H,1-2,6-11,13-14H2. The normalized spacial score (nSPS) is 28.1. The number of hydrogen-bond donors (Lipinski definition) is 1. The van der Waals surface area contributed by atoms with Crippen molar-refractivity contribution in [2.75, 3.05) is 26.2 Å². The summed E-state index contributed by atoms with van der Waals surface area (Å²) in [7, 11) is 0. The fraction of sp³-hybridized carbons (Fsp3) is 0.632. The van der Waals surface area contributed by atoms with Crippen LogP contribution in [0.1, 0.15) is 48.0 Å². The molecule has 0 aliphatic carbocycles. The zero-order valence-electron chi connectivity index (χ0n) is 13.8. The Morgan fingerprint density at radius 3 is 2.83 bits per heavy atom. The van der Waals surface area contributed by atoms with Crippen molar-refractivity contribution < 1.29 is 4.79 Å². The third kappa shape index (κ3) is 3.15. The highest BCUT2D eigenvalue weighted by Crippen LogP contribution is 2.29. The lowest BCUT2D eigenvalue weighted by molar-refractivity contribution is 0.0680. The molecule has 4 rings (SSSR count). The first-order valence-electron chi connectivity index (χ1n) is 9.16. The maximum atomic E-state index is 13.1. The summed E-state index contributed by atoms with van der Waals surface area (Å²) in [5, 5.41) is 3.47. The second kappa shape index (κ2) is 6.62. The summed E-state index contributed by atoms with van der Waals surface area (Å²) in [5.41, 5.74) is 2.15. The number of carbonyl (C=O) groups is 1. The van der Waals surface area contributed by atoms with Gasteiger partial charge in [0.2, 0.25) is 0 Å². The molecule has 0 radical (unpaired) electrons. The molecule has 4 heteroatoms. The Balaban J connectivity index is 1.51. The van der Waals surface area contributed by atoms with Gasteiger partial charge < -0.3 is 10.2 Å². The van der Waals surface area contributed by atoms with Crippen molar-refractivity contribution >= 4 is 5.91 Å². The molecule has 3 heterocycles. The van der Waals surface area contributed by atoms with Gasteiger partial charge in [-0.15, -0.1) is 0 Å². The molecular weight excluding hydrogens is 286 g/mol. The average Bonchev–Trinajstić information content (AvgIpc) is 3.14. The molecule has 0 spiro atoms. The summed E-state index contributed by atoms with van der Waals surface area (Å²) in [6.45, 7) is 5.37. The minimum absolute atomic E-state index is 0.240. The smallest absolute Gasteiger partial charge is 0.254 e. The number of benzene rings is 1. The Bertz CT molecular complexity index is 553. The van der Waals surface area contributed by atoms with Gasteiger partial charge in [-0.3, -0.25) is 9.69 Å². The fourth-order valence-electron chi connectivity index (χ4n) is 4.46. The van der Waals surface area contributed by atoms with Crippen LogP contribution in [0, 0.1) is 0 Å².